The molecular formula is C13H19N3O5. The first kappa shape index (κ1) is 16.7. The van der Waals surface area contributed by atoms with Gasteiger partial charge in [-0.1, -0.05) is 0 Å². The lowest BCUT2D eigenvalue weighted by atomic mass is 10.1. The molecule has 0 aromatic heterocycles. The summed E-state index contributed by atoms with van der Waals surface area (Å²) < 4.78 is 10.1. The molecule has 0 spiro atoms. The topological polar surface area (TPSA) is 93.9 Å². The van der Waals surface area contributed by atoms with Gasteiger partial charge in [0, 0.05) is 26.2 Å². The third-order valence-electron chi connectivity index (χ3n) is 2.95. The maximum atomic E-state index is 12.3. The minimum absolute atomic E-state index is 0.00284. The second kappa shape index (κ2) is 7.44. The number of carbonyl (C=O) groups is 1. The average molecular weight is 297 g/mol. The van der Waals surface area contributed by atoms with Crippen molar-refractivity contribution in [2.45, 2.75) is 0 Å². The smallest absolute Gasteiger partial charge is 0.315 e. The van der Waals surface area contributed by atoms with Gasteiger partial charge >= 0.3 is 5.69 Å². The summed E-state index contributed by atoms with van der Waals surface area (Å²) in [4.78, 5) is 24.2. The quantitative estimate of drug-likeness (QED) is 0.593. The van der Waals surface area contributed by atoms with Crippen LogP contribution in [0.1, 0.15) is 10.4 Å². The maximum Gasteiger partial charge on any atom is 0.315 e. The molecule has 0 aliphatic heterocycles. The zero-order chi connectivity index (χ0) is 16.0. The van der Waals surface area contributed by atoms with Gasteiger partial charge in [0.1, 0.15) is 0 Å². The Labute approximate surface area is 122 Å². The van der Waals surface area contributed by atoms with E-state index in [-0.39, 0.29) is 28.7 Å². The minimum atomic E-state index is -0.605. The number of benzene rings is 1. The van der Waals surface area contributed by atoms with Gasteiger partial charge in [0.15, 0.2) is 5.75 Å². The first-order valence-electron chi connectivity index (χ1n) is 6.26. The number of amides is 1. The molecule has 0 fully saturated rings. The van der Waals surface area contributed by atoms with Crippen molar-refractivity contribution in [2.24, 2.45) is 0 Å². The molecule has 1 aromatic rings. The Morgan fingerprint density at radius 1 is 1.38 bits per heavy atom. The highest BCUT2D eigenvalue weighted by molar-refractivity contribution is 5.95. The lowest BCUT2D eigenvalue weighted by Crippen LogP contribution is -2.32. The van der Waals surface area contributed by atoms with Crippen LogP contribution in [0.15, 0.2) is 12.1 Å². The van der Waals surface area contributed by atoms with Crippen LogP contribution in [0.2, 0.25) is 0 Å². The standard InChI is InChI=1S/C13H19N3O5/c1-14-5-6-15(2)13(17)9-7-10(16(18)19)12(21-4)11(8-9)20-3/h7-8,14H,5-6H2,1-4H3. The highest BCUT2D eigenvalue weighted by Crippen LogP contribution is 2.38. The van der Waals surface area contributed by atoms with Crippen molar-refractivity contribution in [1.82, 2.24) is 10.2 Å². The van der Waals surface area contributed by atoms with Crippen LogP contribution in [0.4, 0.5) is 5.69 Å². The largest absolute Gasteiger partial charge is 0.493 e. The molecule has 8 heteroatoms. The normalized spacial score (nSPS) is 10.1. The van der Waals surface area contributed by atoms with E-state index in [2.05, 4.69) is 5.32 Å². The van der Waals surface area contributed by atoms with Crippen molar-refractivity contribution in [3.63, 3.8) is 0 Å². The van der Waals surface area contributed by atoms with E-state index in [9.17, 15) is 14.9 Å². The fourth-order valence-electron chi connectivity index (χ4n) is 1.80. The molecule has 0 atom stereocenters. The molecular weight excluding hydrogens is 278 g/mol. The molecule has 1 rings (SSSR count). The van der Waals surface area contributed by atoms with Crippen LogP contribution >= 0.6 is 0 Å². The van der Waals surface area contributed by atoms with Crippen molar-refractivity contribution in [1.29, 1.82) is 0 Å². The van der Waals surface area contributed by atoms with Crippen molar-refractivity contribution >= 4 is 11.6 Å². The zero-order valence-electron chi connectivity index (χ0n) is 12.5. The van der Waals surface area contributed by atoms with Crippen LogP contribution in [0, 0.1) is 10.1 Å². The molecule has 21 heavy (non-hydrogen) atoms. The van der Waals surface area contributed by atoms with Crippen LogP contribution in [0.25, 0.3) is 0 Å². The molecule has 1 N–H and O–H groups in total. The number of nitrogens with one attached hydrogen (secondary N) is 1. The van der Waals surface area contributed by atoms with Gasteiger partial charge in [-0.25, -0.2) is 0 Å². The summed E-state index contributed by atoms with van der Waals surface area (Å²) in [6.07, 6.45) is 0. The lowest BCUT2D eigenvalue weighted by Gasteiger charge is -2.18. The van der Waals surface area contributed by atoms with Crippen LogP contribution < -0.4 is 14.8 Å². The number of methoxy groups -OCH3 is 2. The molecule has 1 amide bonds. The number of nitro benzene ring substituents is 1. The molecule has 0 aliphatic rings. The number of carbonyl (C=O) groups excluding carboxylic acids is 1. The number of nitro groups is 1. The van der Waals surface area contributed by atoms with Gasteiger partial charge in [0.25, 0.3) is 5.91 Å². The molecule has 0 radical (unpaired) electrons. The maximum absolute atomic E-state index is 12.3. The first-order chi connectivity index (χ1) is 9.96. The van der Waals surface area contributed by atoms with Gasteiger partial charge in [-0.15, -0.1) is 0 Å². The van der Waals surface area contributed by atoms with Crippen molar-refractivity contribution in [3.05, 3.63) is 27.8 Å². The van der Waals surface area contributed by atoms with Crippen LogP contribution in [-0.2, 0) is 0 Å². The Morgan fingerprint density at radius 2 is 2.05 bits per heavy atom. The summed E-state index contributed by atoms with van der Waals surface area (Å²) in [5.41, 5.74) is -0.125. The fraction of sp³-hybridized carbons (Fsp3) is 0.462. The molecule has 0 aliphatic carbocycles. The van der Waals surface area contributed by atoms with E-state index in [1.807, 2.05) is 0 Å². The second-order valence-corrected chi connectivity index (χ2v) is 4.32. The summed E-state index contributed by atoms with van der Waals surface area (Å²) >= 11 is 0. The van der Waals surface area contributed by atoms with Crippen molar-refractivity contribution < 1.29 is 19.2 Å². The average Bonchev–Trinajstić information content (AvgIpc) is 2.49. The fourth-order valence-corrected chi connectivity index (χ4v) is 1.80. The van der Waals surface area contributed by atoms with E-state index in [0.29, 0.717) is 13.1 Å². The van der Waals surface area contributed by atoms with E-state index in [1.54, 1.807) is 14.1 Å². The molecule has 0 heterocycles. The Kier molecular flexibility index (Phi) is 5.92. The van der Waals surface area contributed by atoms with Gasteiger partial charge in [-0.2, -0.15) is 0 Å². The second-order valence-electron chi connectivity index (χ2n) is 4.32. The van der Waals surface area contributed by atoms with Gasteiger partial charge in [-0.05, 0) is 13.1 Å². The van der Waals surface area contributed by atoms with Crippen molar-refractivity contribution in [2.75, 3.05) is 41.4 Å². The van der Waals surface area contributed by atoms with E-state index in [1.165, 1.54) is 31.3 Å². The van der Waals surface area contributed by atoms with Gasteiger partial charge in [0.2, 0.25) is 5.75 Å². The summed E-state index contributed by atoms with van der Waals surface area (Å²) in [5, 5.41) is 14.0. The van der Waals surface area contributed by atoms with Crippen molar-refractivity contribution in [3.8, 4) is 11.5 Å². The summed E-state index contributed by atoms with van der Waals surface area (Å²) in [6, 6.07) is 2.63. The molecule has 0 saturated carbocycles. The van der Waals surface area contributed by atoms with Gasteiger partial charge in [-0.3, -0.25) is 14.9 Å². The molecule has 0 bridgehead atoms. The SMILES string of the molecule is CNCCN(C)C(=O)c1cc(OC)c(OC)c([N+](=O)[O-])c1. The highest BCUT2D eigenvalue weighted by atomic mass is 16.6. The number of nitrogens with zero attached hydrogens (tertiary/aromatic N) is 2. The Balaban J connectivity index is 3.22. The summed E-state index contributed by atoms with van der Waals surface area (Å²) in [5.74, 6) is -0.178. The minimum Gasteiger partial charge on any atom is -0.493 e. The Morgan fingerprint density at radius 3 is 2.52 bits per heavy atom. The highest BCUT2D eigenvalue weighted by Gasteiger charge is 2.24. The number of rotatable bonds is 7. The van der Waals surface area contributed by atoms with E-state index in [4.69, 9.17) is 9.47 Å². The predicted molar refractivity (Wildman–Crippen MR) is 77.1 cm³/mol. The van der Waals surface area contributed by atoms with E-state index in [0.717, 1.165) is 0 Å². The number of likely N-dealkylation sites (N-methyl/N-ethyl adjacent to an activating group) is 2. The number of hydrogen-bond acceptors (Lipinski definition) is 6. The first-order valence-corrected chi connectivity index (χ1v) is 6.26. The number of hydrogen-bond donors (Lipinski definition) is 1. The zero-order valence-corrected chi connectivity index (χ0v) is 12.5. The van der Waals surface area contributed by atoms with Crippen LogP contribution in [0.3, 0.4) is 0 Å². The molecule has 0 unspecified atom stereocenters. The molecule has 1 aromatic carbocycles. The van der Waals surface area contributed by atoms with E-state index >= 15 is 0 Å². The molecule has 116 valence electrons. The Hall–Kier alpha value is -2.35. The monoisotopic (exact) mass is 297 g/mol. The van der Waals surface area contributed by atoms with Crippen LogP contribution in [0.5, 0.6) is 11.5 Å². The summed E-state index contributed by atoms with van der Waals surface area (Å²) in [6.45, 7) is 1.11. The van der Waals surface area contributed by atoms with Crippen LogP contribution in [-0.4, -0.2) is 57.1 Å². The third kappa shape index (κ3) is 3.82. The third-order valence-corrected chi connectivity index (χ3v) is 2.95. The van der Waals surface area contributed by atoms with Gasteiger partial charge < -0.3 is 19.7 Å². The number of ether oxygens (including phenoxy) is 2. The predicted octanol–water partition coefficient (Wildman–Crippen LogP) is 0.903. The molecule has 0 saturated heterocycles. The summed E-state index contributed by atoms with van der Waals surface area (Å²) in [7, 11) is 6.08. The van der Waals surface area contributed by atoms with E-state index < -0.39 is 4.92 Å². The Bertz CT molecular complexity index is 533. The van der Waals surface area contributed by atoms with Gasteiger partial charge in [0.05, 0.1) is 24.7 Å². The lowest BCUT2D eigenvalue weighted by molar-refractivity contribution is -0.385. The molecule has 8 nitrogen and oxygen atoms in total.